The molecular weight excluding hydrogens is 334 g/mol. The molecule has 0 aliphatic rings. The second kappa shape index (κ2) is 7.36. The van der Waals surface area contributed by atoms with Crippen molar-refractivity contribution in [2.24, 2.45) is 0 Å². The Kier molecular flexibility index (Phi) is 5.67. The van der Waals surface area contributed by atoms with E-state index in [1.165, 1.54) is 4.31 Å². The van der Waals surface area contributed by atoms with E-state index in [4.69, 9.17) is 0 Å². The average Bonchev–Trinajstić information content (AvgIpc) is 2.52. The molecule has 0 N–H and O–H groups in total. The molecule has 128 valence electrons. The first kappa shape index (κ1) is 18.5. The van der Waals surface area contributed by atoms with Crippen LogP contribution in [0.4, 0.5) is 0 Å². The Morgan fingerprint density at radius 2 is 1.54 bits per heavy atom. The summed E-state index contributed by atoms with van der Waals surface area (Å²) in [5.41, 5.74) is 4.07. The first-order valence-corrected chi connectivity index (χ1v) is 13.0. The predicted molar refractivity (Wildman–Crippen MR) is 103 cm³/mol. The van der Waals surface area contributed by atoms with E-state index < -0.39 is 18.1 Å². The van der Waals surface area contributed by atoms with Crippen LogP contribution in [-0.4, -0.2) is 20.8 Å². The Bertz CT molecular complexity index is 792. The van der Waals surface area contributed by atoms with Crippen LogP contribution in [0.2, 0.25) is 19.6 Å². The zero-order valence-electron chi connectivity index (χ0n) is 14.7. The third kappa shape index (κ3) is 5.08. The Labute approximate surface area is 146 Å². The highest BCUT2D eigenvalue weighted by atomic mass is 32.2. The van der Waals surface area contributed by atoms with Gasteiger partial charge in [0.25, 0.3) is 10.0 Å². The van der Waals surface area contributed by atoms with E-state index in [2.05, 4.69) is 25.3 Å². The number of rotatable bonds is 6. The van der Waals surface area contributed by atoms with Gasteiger partial charge in [-0.05, 0) is 24.6 Å². The van der Waals surface area contributed by atoms with Crippen molar-refractivity contribution in [2.75, 3.05) is 0 Å². The van der Waals surface area contributed by atoms with Crippen LogP contribution >= 0.6 is 0 Å². The normalized spacial score (nSPS) is 12.5. The quantitative estimate of drug-likeness (QED) is 0.708. The second-order valence-corrected chi connectivity index (χ2v) is 14.0. The zero-order chi connectivity index (χ0) is 17.8. The van der Waals surface area contributed by atoms with Gasteiger partial charge in [0.1, 0.15) is 0 Å². The maximum absolute atomic E-state index is 13.1. The zero-order valence-corrected chi connectivity index (χ0v) is 16.5. The molecule has 0 saturated carbocycles. The minimum Gasteiger partial charge on any atom is -0.270 e. The van der Waals surface area contributed by atoms with Crippen molar-refractivity contribution in [3.05, 3.63) is 77.6 Å². The van der Waals surface area contributed by atoms with E-state index in [0.29, 0.717) is 11.4 Å². The summed E-state index contributed by atoms with van der Waals surface area (Å²) in [4.78, 5) is 0.323. The molecule has 0 amide bonds. The molecule has 0 radical (unpaired) electrons. The number of aryl methyl sites for hydroxylation is 1. The molecule has 0 spiro atoms. The summed E-state index contributed by atoms with van der Waals surface area (Å²) in [5.74, 6) is 0. The fraction of sp³-hybridized carbons (Fsp3) is 0.263. The minimum atomic E-state index is -3.57. The fourth-order valence-corrected chi connectivity index (χ4v) is 4.16. The van der Waals surface area contributed by atoms with Gasteiger partial charge in [-0.1, -0.05) is 73.4 Å². The monoisotopic (exact) mass is 359 g/mol. The van der Waals surface area contributed by atoms with Crippen LogP contribution in [0.1, 0.15) is 11.1 Å². The van der Waals surface area contributed by atoms with Crippen LogP contribution < -0.4 is 0 Å². The summed E-state index contributed by atoms with van der Waals surface area (Å²) in [7, 11) is -5.08. The molecule has 0 aliphatic carbocycles. The highest BCUT2D eigenvalue weighted by Crippen LogP contribution is 2.20. The van der Waals surface area contributed by atoms with Crippen molar-refractivity contribution in [1.82, 2.24) is 4.31 Å². The molecular formula is C19H25NO2SSi. The first-order chi connectivity index (χ1) is 11.2. The van der Waals surface area contributed by atoms with Crippen molar-refractivity contribution in [3.8, 4) is 0 Å². The Balaban J connectivity index is 2.40. The largest absolute Gasteiger partial charge is 0.270 e. The van der Waals surface area contributed by atoms with Crippen LogP contribution in [0, 0.1) is 6.92 Å². The Morgan fingerprint density at radius 1 is 0.958 bits per heavy atom. The molecule has 2 aromatic rings. The number of hydrogen-bond donors (Lipinski definition) is 0. The number of nitrogens with zero attached hydrogens (tertiary/aromatic N) is 1. The van der Waals surface area contributed by atoms with Crippen LogP contribution in [0.15, 0.2) is 71.4 Å². The third-order valence-electron chi connectivity index (χ3n) is 3.55. The molecule has 0 aromatic heterocycles. The molecule has 2 aromatic carbocycles. The van der Waals surface area contributed by atoms with E-state index in [1.54, 1.807) is 18.3 Å². The number of benzene rings is 2. The number of hydrogen-bond acceptors (Lipinski definition) is 2. The van der Waals surface area contributed by atoms with Crippen LogP contribution in [0.3, 0.4) is 0 Å². The highest BCUT2D eigenvalue weighted by molar-refractivity contribution is 7.89. The third-order valence-corrected chi connectivity index (χ3v) is 6.43. The summed E-state index contributed by atoms with van der Waals surface area (Å²) in [5, 5.41) is 0. The van der Waals surface area contributed by atoms with E-state index in [-0.39, 0.29) is 0 Å². The SMILES string of the molecule is Cc1ccc(S(=O)(=O)N(/C=C\[Si](C)(C)C)Cc2ccccc2)cc1. The highest BCUT2D eigenvalue weighted by Gasteiger charge is 2.22. The van der Waals surface area contributed by atoms with Crippen molar-refractivity contribution in [2.45, 2.75) is 38.0 Å². The predicted octanol–water partition coefficient (Wildman–Crippen LogP) is 4.58. The van der Waals surface area contributed by atoms with Gasteiger partial charge in [0, 0.05) is 6.20 Å². The van der Waals surface area contributed by atoms with E-state index in [9.17, 15) is 8.42 Å². The molecule has 0 bridgehead atoms. The lowest BCUT2D eigenvalue weighted by atomic mass is 10.2. The lowest BCUT2D eigenvalue weighted by Crippen LogP contribution is -2.27. The van der Waals surface area contributed by atoms with Gasteiger partial charge < -0.3 is 0 Å². The summed E-state index contributed by atoms with van der Waals surface area (Å²) in [6, 6.07) is 16.7. The lowest BCUT2D eigenvalue weighted by molar-refractivity contribution is 0.495. The van der Waals surface area contributed by atoms with E-state index >= 15 is 0 Å². The molecule has 5 heteroatoms. The topological polar surface area (TPSA) is 37.4 Å². The average molecular weight is 360 g/mol. The van der Waals surface area contributed by atoms with Crippen molar-refractivity contribution >= 4 is 18.1 Å². The van der Waals surface area contributed by atoms with Gasteiger partial charge in [-0.25, -0.2) is 8.42 Å². The molecule has 0 unspecified atom stereocenters. The summed E-state index contributed by atoms with van der Waals surface area (Å²) >= 11 is 0. The molecule has 24 heavy (non-hydrogen) atoms. The summed E-state index contributed by atoms with van der Waals surface area (Å²) < 4.78 is 27.6. The van der Waals surface area contributed by atoms with E-state index in [1.807, 2.05) is 49.4 Å². The molecule has 0 aliphatic heterocycles. The van der Waals surface area contributed by atoms with Gasteiger partial charge in [0.2, 0.25) is 0 Å². The van der Waals surface area contributed by atoms with Gasteiger partial charge in [-0.2, -0.15) is 0 Å². The smallest absolute Gasteiger partial charge is 0.264 e. The maximum Gasteiger partial charge on any atom is 0.264 e. The minimum absolute atomic E-state index is 0.323. The maximum atomic E-state index is 13.1. The standard InChI is InChI=1S/C19H25NO2SSi/c1-17-10-12-19(13-11-17)23(21,22)20(14-15-24(2,3)4)16-18-8-6-5-7-9-18/h5-15H,16H2,1-4H3/b15-14-. The summed E-state index contributed by atoms with van der Waals surface area (Å²) in [6.45, 7) is 8.83. The van der Waals surface area contributed by atoms with Crippen molar-refractivity contribution < 1.29 is 8.42 Å². The second-order valence-electron chi connectivity index (χ2n) is 7.03. The van der Waals surface area contributed by atoms with Gasteiger partial charge in [0.15, 0.2) is 0 Å². The van der Waals surface area contributed by atoms with E-state index in [0.717, 1.165) is 11.1 Å². The molecule has 2 rings (SSSR count). The Hall–Kier alpha value is -1.85. The van der Waals surface area contributed by atoms with Crippen LogP contribution in [0.25, 0.3) is 0 Å². The molecule has 3 nitrogen and oxygen atoms in total. The lowest BCUT2D eigenvalue weighted by Gasteiger charge is -2.22. The fourth-order valence-electron chi connectivity index (χ4n) is 2.13. The van der Waals surface area contributed by atoms with Crippen LogP contribution in [0.5, 0.6) is 0 Å². The molecule has 0 fully saturated rings. The molecule has 0 heterocycles. The van der Waals surface area contributed by atoms with Crippen molar-refractivity contribution in [3.63, 3.8) is 0 Å². The van der Waals surface area contributed by atoms with Crippen LogP contribution in [-0.2, 0) is 16.6 Å². The number of sulfonamides is 1. The first-order valence-electron chi connectivity index (χ1n) is 8.00. The van der Waals surface area contributed by atoms with Gasteiger partial charge in [-0.3, -0.25) is 4.31 Å². The van der Waals surface area contributed by atoms with Gasteiger partial charge in [0.05, 0.1) is 19.5 Å². The Morgan fingerprint density at radius 3 is 2.08 bits per heavy atom. The molecule has 0 atom stereocenters. The van der Waals surface area contributed by atoms with Gasteiger partial charge >= 0.3 is 0 Å². The molecule has 0 saturated heterocycles. The van der Waals surface area contributed by atoms with Gasteiger partial charge in [-0.15, -0.1) is 0 Å². The summed E-state index contributed by atoms with van der Waals surface area (Å²) in [6.07, 6.45) is 1.74. The van der Waals surface area contributed by atoms with Crippen molar-refractivity contribution in [1.29, 1.82) is 0 Å².